The standard InChI is InChI=1S/C19H28N4O2/c20-17(14-16-6-2-1-3-7-16)19(25)23-12-10-21(11-13-23)15-18(24)22-8-4-5-9-22/h1-3,6-7,17H,4-5,8-15,20H2. The number of hydrogen-bond donors (Lipinski definition) is 1. The van der Waals surface area contributed by atoms with Crippen molar-refractivity contribution in [3.8, 4) is 0 Å². The summed E-state index contributed by atoms with van der Waals surface area (Å²) in [5, 5.41) is 0. The lowest BCUT2D eigenvalue weighted by Gasteiger charge is -2.36. The van der Waals surface area contributed by atoms with Gasteiger partial charge in [0.1, 0.15) is 0 Å². The molecule has 1 unspecified atom stereocenters. The van der Waals surface area contributed by atoms with Gasteiger partial charge in [-0.3, -0.25) is 14.5 Å². The number of amides is 2. The fourth-order valence-corrected chi connectivity index (χ4v) is 3.57. The Labute approximate surface area is 149 Å². The molecule has 0 aromatic heterocycles. The first-order valence-electron chi connectivity index (χ1n) is 9.22. The molecule has 6 nitrogen and oxygen atoms in total. The molecule has 0 aliphatic carbocycles. The lowest BCUT2D eigenvalue weighted by Crippen LogP contribution is -2.55. The number of hydrogen-bond acceptors (Lipinski definition) is 4. The van der Waals surface area contributed by atoms with Gasteiger partial charge in [-0.1, -0.05) is 30.3 Å². The lowest BCUT2D eigenvalue weighted by molar-refractivity contribution is -0.135. The molecular weight excluding hydrogens is 316 g/mol. The minimum atomic E-state index is -0.500. The highest BCUT2D eigenvalue weighted by atomic mass is 16.2. The number of piperazine rings is 1. The molecule has 1 aromatic rings. The smallest absolute Gasteiger partial charge is 0.239 e. The Morgan fingerprint density at radius 1 is 0.920 bits per heavy atom. The normalized spacial score (nSPS) is 19.9. The number of rotatable bonds is 5. The highest BCUT2D eigenvalue weighted by Crippen LogP contribution is 2.10. The average molecular weight is 344 g/mol. The summed E-state index contributed by atoms with van der Waals surface area (Å²) in [6.07, 6.45) is 2.80. The van der Waals surface area contributed by atoms with Gasteiger partial charge in [0.05, 0.1) is 12.6 Å². The summed E-state index contributed by atoms with van der Waals surface area (Å²) >= 11 is 0. The van der Waals surface area contributed by atoms with Crippen LogP contribution in [0.4, 0.5) is 0 Å². The molecule has 0 radical (unpaired) electrons. The second-order valence-electron chi connectivity index (χ2n) is 6.99. The molecule has 3 rings (SSSR count). The Kier molecular flexibility index (Phi) is 6.04. The molecule has 2 heterocycles. The summed E-state index contributed by atoms with van der Waals surface area (Å²) in [5.74, 6) is 0.229. The Morgan fingerprint density at radius 3 is 2.20 bits per heavy atom. The predicted molar refractivity (Wildman–Crippen MR) is 97.0 cm³/mol. The van der Waals surface area contributed by atoms with Crippen molar-refractivity contribution in [2.75, 3.05) is 45.8 Å². The van der Waals surface area contributed by atoms with Crippen molar-refractivity contribution in [2.45, 2.75) is 25.3 Å². The predicted octanol–water partition coefficient (Wildman–Crippen LogP) is 0.323. The first-order chi connectivity index (χ1) is 12.1. The van der Waals surface area contributed by atoms with Crippen molar-refractivity contribution < 1.29 is 9.59 Å². The van der Waals surface area contributed by atoms with E-state index >= 15 is 0 Å². The monoisotopic (exact) mass is 344 g/mol. The zero-order valence-electron chi connectivity index (χ0n) is 14.8. The fraction of sp³-hybridized carbons (Fsp3) is 0.579. The van der Waals surface area contributed by atoms with E-state index in [0.717, 1.165) is 44.6 Å². The van der Waals surface area contributed by atoms with Crippen molar-refractivity contribution in [3.05, 3.63) is 35.9 Å². The van der Waals surface area contributed by atoms with Crippen LogP contribution in [0.25, 0.3) is 0 Å². The highest BCUT2D eigenvalue weighted by molar-refractivity contribution is 5.82. The van der Waals surface area contributed by atoms with E-state index in [4.69, 9.17) is 5.73 Å². The molecule has 0 spiro atoms. The Morgan fingerprint density at radius 2 is 1.56 bits per heavy atom. The number of benzene rings is 1. The maximum absolute atomic E-state index is 12.5. The number of nitrogens with zero attached hydrogens (tertiary/aromatic N) is 3. The number of carbonyl (C=O) groups is 2. The summed E-state index contributed by atoms with van der Waals surface area (Å²) < 4.78 is 0. The van der Waals surface area contributed by atoms with Crippen LogP contribution < -0.4 is 5.73 Å². The van der Waals surface area contributed by atoms with Crippen LogP contribution in [0.1, 0.15) is 18.4 Å². The third kappa shape index (κ3) is 4.80. The molecule has 1 atom stereocenters. The van der Waals surface area contributed by atoms with Crippen molar-refractivity contribution in [2.24, 2.45) is 5.73 Å². The Bertz CT molecular complexity index is 578. The minimum Gasteiger partial charge on any atom is -0.342 e. The second kappa shape index (κ2) is 8.45. The third-order valence-electron chi connectivity index (χ3n) is 5.12. The van der Waals surface area contributed by atoms with Crippen molar-refractivity contribution in [3.63, 3.8) is 0 Å². The maximum Gasteiger partial charge on any atom is 0.239 e. The number of likely N-dealkylation sites (tertiary alicyclic amines) is 1. The van der Waals surface area contributed by atoms with Crippen LogP contribution in [-0.4, -0.2) is 78.4 Å². The molecule has 0 bridgehead atoms. The van der Waals surface area contributed by atoms with Crippen LogP contribution in [0.3, 0.4) is 0 Å². The molecule has 2 aliphatic heterocycles. The van der Waals surface area contributed by atoms with Gasteiger partial charge in [0.15, 0.2) is 0 Å². The van der Waals surface area contributed by atoms with Gasteiger partial charge >= 0.3 is 0 Å². The van der Waals surface area contributed by atoms with E-state index in [9.17, 15) is 9.59 Å². The van der Waals surface area contributed by atoms with E-state index in [1.807, 2.05) is 40.1 Å². The van der Waals surface area contributed by atoms with Gasteiger partial charge in [-0.25, -0.2) is 0 Å². The Balaban J connectivity index is 1.43. The van der Waals surface area contributed by atoms with Crippen molar-refractivity contribution >= 4 is 11.8 Å². The van der Waals surface area contributed by atoms with Crippen molar-refractivity contribution in [1.29, 1.82) is 0 Å². The van der Waals surface area contributed by atoms with Crippen LogP contribution in [-0.2, 0) is 16.0 Å². The number of nitrogens with two attached hydrogens (primary N) is 1. The lowest BCUT2D eigenvalue weighted by atomic mass is 10.1. The zero-order valence-corrected chi connectivity index (χ0v) is 14.8. The van der Waals surface area contributed by atoms with E-state index in [1.54, 1.807) is 0 Å². The molecule has 1 aromatic carbocycles. The van der Waals surface area contributed by atoms with Crippen LogP contribution in [0.5, 0.6) is 0 Å². The van der Waals surface area contributed by atoms with Gasteiger partial charge in [-0.2, -0.15) is 0 Å². The maximum atomic E-state index is 12.5. The van der Waals surface area contributed by atoms with E-state index < -0.39 is 6.04 Å². The molecule has 2 aliphatic rings. The van der Waals surface area contributed by atoms with Gasteiger partial charge in [-0.15, -0.1) is 0 Å². The largest absolute Gasteiger partial charge is 0.342 e. The van der Waals surface area contributed by atoms with Crippen LogP contribution in [0, 0.1) is 0 Å². The summed E-state index contributed by atoms with van der Waals surface area (Å²) in [6.45, 7) is 5.03. The summed E-state index contributed by atoms with van der Waals surface area (Å²) in [4.78, 5) is 30.7. The minimum absolute atomic E-state index is 0.00868. The van der Waals surface area contributed by atoms with Gasteiger partial charge in [0.25, 0.3) is 0 Å². The molecule has 2 N–H and O–H groups in total. The quantitative estimate of drug-likeness (QED) is 0.835. The molecule has 0 saturated carbocycles. The molecule has 25 heavy (non-hydrogen) atoms. The molecule has 6 heteroatoms. The van der Waals surface area contributed by atoms with Gasteiger partial charge in [0, 0.05) is 39.3 Å². The Hall–Kier alpha value is -1.92. The second-order valence-corrected chi connectivity index (χ2v) is 6.99. The van der Waals surface area contributed by atoms with E-state index in [-0.39, 0.29) is 11.8 Å². The summed E-state index contributed by atoms with van der Waals surface area (Å²) in [6, 6.07) is 9.37. The van der Waals surface area contributed by atoms with Crippen LogP contribution in [0.2, 0.25) is 0 Å². The van der Waals surface area contributed by atoms with E-state index in [1.165, 1.54) is 0 Å². The zero-order chi connectivity index (χ0) is 17.6. The van der Waals surface area contributed by atoms with Gasteiger partial charge < -0.3 is 15.5 Å². The highest BCUT2D eigenvalue weighted by Gasteiger charge is 2.27. The molecular formula is C19H28N4O2. The summed E-state index contributed by atoms with van der Waals surface area (Å²) in [7, 11) is 0. The van der Waals surface area contributed by atoms with Crippen LogP contribution >= 0.6 is 0 Å². The van der Waals surface area contributed by atoms with E-state index in [2.05, 4.69) is 4.90 Å². The van der Waals surface area contributed by atoms with E-state index in [0.29, 0.717) is 26.1 Å². The SMILES string of the molecule is NC(Cc1ccccc1)C(=O)N1CCN(CC(=O)N2CCCC2)CC1. The number of carbonyl (C=O) groups excluding carboxylic acids is 2. The fourth-order valence-electron chi connectivity index (χ4n) is 3.57. The average Bonchev–Trinajstić information content (AvgIpc) is 3.17. The van der Waals surface area contributed by atoms with Crippen molar-refractivity contribution in [1.82, 2.24) is 14.7 Å². The summed E-state index contributed by atoms with van der Waals surface area (Å²) in [5.41, 5.74) is 7.19. The molecule has 2 saturated heterocycles. The van der Waals surface area contributed by atoms with Crippen LogP contribution in [0.15, 0.2) is 30.3 Å². The first-order valence-corrected chi connectivity index (χ1v) is 9.22. The van der Waals surface area contributed by atoms with Gasteiger partial charge in [-0.05, 0) is 24.8 Å². The molecule has 136 valence electrons. The topological polar surface area (TPSA) is 69.9 Å². The van der Waals surface area contributed by atoms with Gasteiger partial charge in [0.2, 0.25) is 11.8 Å². The molecule has 2 fully saturated rings. The molecule has 2 amide bonds. The third-order valence-corrected chi connectivity index (χ3v) is 5.12. The first kappa shape index (κ1) is 17.9.